The summed E-state index contributed by atoms with van der Waals surface area (Å²) in [5.74, 6) is 0.842. The van der Waals surface area contributed by atoms with E-state index < -0.39 is 0 Å². The van der Waals surface area contributed by atoms with Gasteiger partial charge >= 0.3 is 0 Å². The molecule has 5 nitrogen and oxygen atoms in total. The lowest BCUT2D eigenvalue weighted by Gasteiger charge is -2.18. The van der Waals surface area contributed by atoms with Gasteiger partial charge in [0.05, 0.1) is 6.54 Å². The van der Waals surface area contributed by atoms with Crippen LogP contribution in [0.2, 0.25) is 0 Å². The number of nitrogens with zero attached hydrogens (tertiary/aromatic N) is 2. The first-order chi connectivity index (χ1) is 12.2. The van der Waals surface area contributed by atoms with Crippen molar-refractivity contribution in [1.29, 1.82) is 0 Å². The maximum absolute atomic E-state index is 12.3. The largest absolute Gasteiger partial charge is 0.352 e. The highest BCUT2D eigenvalue weighted by molar-refractivity contribution is 7.09. The van der Waals surface area contributed by atoms with Crippen molar-refractivity contribution in [1.82, 2.24) is 15.5 Å². The van der Waals surface area contributed by atoms with Gasteiger partial charge in [-0.15, -0.1) is 11.3 Å². The first-order valence-electron chi connectivity index (χ1n) is 8.53. The van der Waals surface area contributed by atoms with Crippen LogP contribution in [0.1, 0.15) is 34.6 Å². The number of thiophene rings is 1. The molecule has 2 N–H and O–H groups in total. The topological polar surface area (TPSA) is 56.7 Å². The van der Waals surface area contributed by atoms with Crippen molar-refractivity contribution in [3.63, 3.8) is 0 Å². The molecule has 6 heteroatoms. The molecule has 0 saturated heterocycles. The summed E-state index contributed by atoms with van der Waals surface area (Å²) in [6, 6.07) is 11.9. The predicted molar refractivity (Wildman–Crippen MR) is 105 cm³/mol. The summed E-state index contributed by atoms with van der Waals surface area (Å²) < 4.78 is 0. The van der Waals surface area contributed by atoms with E-state index in [-0.39, 0.29) is 5.91 Å². The molecule has 1 heterocycles. The van der Waals surface area contributed by atoms with E-state index in [9.17, 15) is 4.79 Å². The molecule has 0 spiro atoms. The van der Waals surface area contributed by atoms with Crippen molar-refractivity contribution in [3.8, 4) is 0 Å². The minimum absolute atomic E-state index is 0.0814. The van der Waals surface area contributed by atoms with Crippen LogP contribution in [-0.2, 0) is 13.1 Å². The van der Waals surface area contributed by atoms with E-state index in [1.54, 1.807) is 18.4 Å². The van der Waals surface area contributed by atoms with Gasteiger partial charge < -0.3 is 15.5 Å². The molecule has 25 heavy (non-hydrogen) atoms. The zero-order chi connectivity index (χ0) is 18.1. The molecule has 1 amide bonds. The molecule has 0 atom stereocenters. The van der Waals surface area contributed by atoms with Gasteiger partial charge in [0.1, 0.15) is 0 Å². The second kappa shape index (κ2) is 9.84. The van der Waals surface area contributed by atoms with Crippen LogP contribution in [0.15, 0.2) is 46.8 Å². The molecule has 0 bridgehead atoms. The number of carbonyl (C=O) groups excluding carboxylic acids is 1. The molecule has 1 aromatic heterocycles. The summed E-state index contributed by atoms with van der Waals surface area (Å²) in [4.78, 5) is 19.6. The van der Waals surface area contributed by atoms with Crippen LogP contribution >= 0.6 is 11.3 Å². The Balaban J connectivity index is 1.86. The lowest BCUT2D eigenvalue weighted by Crippen LogP contribution is -2.36. The fourth-order valence-electron chi connectivity index (χ4n) is 2.45. The van der Waals surface area contributed by atoms with Gasteiger partial charge in [0.2, 0.25) is 0 Å². The Hall–Kier alpha value is -2.34. The Bertz CT molecular complexity index is 676. The minimum Gasteiger partial charge on any atom is -0.352 e. The third-order valence-electron chi connectivity index (χ3n) is 3.95. The lowest BCUT2D eigenvalue weighted by molar-refractivity contribution is 0.0773. The average Bonchev–Trinajstić information content (AvgIpc) is 3.17. The number of guanidine groups is 1. The Morgan fingerprint density at radius 3 is 2.32 bits per heavy atom. The van der Waals surface area contributed by atoms with Gasteiger partial charge in [-0.25, -0.2) is 0 Å². The highest BCUT2D eigenvalue weighted by atomic mass is 32.1. The number of hydrogen-bond acceptors (Lipinski definition) is 3. The van der Waals surface area contributed by atoms with Gasteiger partial charge in [0.25, 0.3) is 5.91 Å². The van der Waals surface area contributed by atoms with E-state index in [2.05, 4.69) is 27.1 Å². The Morgan fingerprint density at radius 2 is 1.76 bits per heavy atom. The Morgan fingerprint density at radius 1 is 1.08 bits per heavy atom. The normalized spacial score (nSPS) is 11.2. The van der Waals surface area contributed by atoms with Crippen molar-refractivity contribution in [2.75, 3.05) is 20.1 Å². The number of hydrogen-bond donors (Lipinski definition) is 2. The third kappa shape index (κ3) is 5.60. The second-order valence-corrected chi connectivity index (χ2v) is 6.57. The van der Waals surface area contributed by atoms with Crippen LogP contribution in [-0.4, -0.2) is 36.9 Å². The standard InChI is InChI=1S/C19H26N4OS/c1-4-23(5-2)18(24)16-10-8-15(9-11-16)13-21-19(20-3)22-14-17-7-6-12-25-17/h6-12H,4-5,13-14H2,1-3H3,(H2,20,21,22). The van der Waals surface area contributed by atoms with E-state index in [1.807, 2.05) is 49.1 Å². The maximum Gasteiger partial charge on any atom is 0.253 e. The summed E-state index contributed by atoms with van der Waals surface area (Å²) in [5.41, 5.74) is 1.84. The van der Waals surface area contributed by atoms with Crippen molar-refractivity contribution in [2.24, 2.45) is 4.99 Å². The first-order valence-corrected chi connectivity index (χ1v) is 9.41. The Kier molecular flexibility index (Phi) is 7.47. The zero-order valence-electron chi connectivity index (χ0n) is 15.1. The average molecular weight is 359 g/mol. The van der Waals surface area contributed by atoms with Gasteiger partial charge in [-0.3, -0.25) is 9.79 Å². The molecule has 0 saturated carbocycles. The molecular weight excluding hydrogens is 332 g/mol. The molecule has 0 unspecified atom stereocenters. The maximum atomic E-state index is 12.3. The third-order valence-corrected chi connectivity index (χ3v) is 4.82. The number of aliphatic imine (C=N–C) groups is 1. The van der Waals surface area contributed by atoms with Gasteiger partial charge in [-0.1, -0.05) is 18.2 Å². The van der Waals surface area contributed by atoms with Gasteiger partial charge in [0.15, 0.2) is 5.96 Å². The van der Waals surface area contributed by atoms with Crippen LogP contribution in [0.4, 0.5) is 0 Å². The van der Waals surface area contributed by atoms with E-state index in [1.165, 1.54) is 4.88 Å². The summed E-state index contributed by atoms with van der Waals surface area (Å²) in [5, 5.41) is 8.64. The molecule has 2 rings (SSSR count). The molecule has 2 aromatic rings. The van der Waals surface area contributed by atoms with Crippen LogP contribution in [0.5, 0.6) is 0 Å². The quantitative estimate of drug-likeness (QED) is 0.591. The molecule has 0 aliphatic heterocycles. The first kappa shape index (κ1) is 19.0. The summed E-state index contributed by atoms with van der Waals surface area (Å²) in [7, 11) is 1.76. The highest BCUT2D eigenvalue weighted by Crippen LogP contribution is 2.09. The summed E-state index contributed by atoms with van der Waals surface area (Å²) in [6.45, 7) is 6.86. The number of rotatable bonds is 7. The van der Waals surface area contributed by atoms with Crippen LogP contribution in [0.25, 0.3) is 0 Å². The highest BCUT2D eigenvalue weighted by Gasteiger charge is 2.11. The predicted octanol–water partition coefficient (Wildman–Crippen LogP) is 3.10. The number of nitrogens with one attached hydrogen (secondary N) is 2. The summed E-state index contributed by atoms with van der Waals surface area (Å²) >= 11 is 1.72. The lowest BCUT2D eigenvalue weighted by atomic mass is 10.1. The number of carbonyl (C=O) groups is 1. The fourth-order valence-corrected chi connectivity index (χ4v) is 3.09. The monoisotopic (exact) mass is 358 g/mol. The molecule has 0 radical (unpaired) electrons. The van der Waals surface area contributed by atoms with Crippen LogP contribution < -0.4 is 10.6 Å². The number of amides is 1. The van der Waals surface area contributed by atoms with Gasteiger partial charge in [-0.2, -0.15) is 0 Å². The van der Waals surface area contributed by atoms with Crippen molar-refractivity contribution in [3.05, 3.63) is 57.8 Å². The SMILES string of the molecule is CCN(CC)C(=O)c1ccc(CNC(=NC)NCc2cccs2)cc1. The van der Waals surface area contributed by atoms with E-state index in [4.69, 9.17) is 0 Å². The van der Waals surface area contributed by atoms with Gasteiger partial charge in [0, 0.05) is 37.1 Å². The van der Waals surface area contributed by atoms with Gasteiger partial charge in [-0.05, 0) is 43.0 Å². The molecular formula is C19H26N4OS. The molecule has 134 valence electrons. The van der Waals surface area contributed by atoms with E-state index in [0.717, 1.165) is 36.7 Å². The van der Waals surface area contributed by atoms with Crippen molar-refractivity contribution in [2.45, 2.75) is 26.9 Å². The zero-order valence-corrected chi connectivity index (χ0v) is 15.9. The second-order valence-electron chi connectivity index (χ2n) is 5.53. The van der Waals surface area contributed by atoms with Crippen LogP contribution in [0, 0.1) is 0 Å². The number of benzene rings is 1. The van der Waals surface area contributed by atoms with E-state index in [0.29, 0.717) is 6.54 Å². The molecule has 0 aliphatic rings. The smallest absolute Gasteiger partial charge is 0.253 e. The van der Waals surface area contributed by atoms with Crippen LogP contribution in [0.3, 0.4) is 0 Å². The van der Waals surface area contributed by atoms with E-state index >= 15 is 0 Å². The molecule has 1 aromatic carbocycles. The van der Waals surface area contributed by atoms with Crippen molar-refractivity contribution < 1.29 is 4.79 Å². The fraction of sp³-hybridized carbons (Fsp3) is 0.368. The summed E-state index contributed by atoms with van der Waals surface area (Å²) in [6.07, 6.45) is 0. The van der Waals surface area contributed by atoms with Crippen molar-refractivity contribution >= 4 is 23.2 Å². The molecule has 0 aliphatic carbocycles. The molecule has 0 fully saturated rings. The Labute approximate surface area is 153 Å². The minimum atomic E-state index is 0.0814.